The number of halogens is 5. The molecule has 0 spiro atoms. The van der Waals surface area contributed by atoms with Gasteiger partial charge in [-0.05, 0) is 78.9 Å². The van der Waals surface area contributed by atoms with Gasteiger partial charge in [-0.25, -0.2) is 31.9 Å². The second-order valence-electron chi connectivity index (χ2n) is 15.0. The molecule has 2 N–H and O–H groups in total. The van der Waals surface area contributed by atoms with Crippen LogP contribution in [0, 0.1) is 29.1 Å². The predicted octanol–water partition coefficient (Wildman–Crippen LogP) is 13.2. The molecule has 5 aromatic carbocycles. The number of benzene rings is 5. The molecule has 6 nitrogen and oxygen atoms in total. The standard InChI is InChI=1S/C50H27F5N6/c51-44-43(45(52)47(54)48(55)46(44)53)42-32-21-23-36(58-32)49(60-38-13-5-1-9-28(38)29-10-2-6-14-39(29)60)34-19-17-26(56-34)25-27-18-20-35(57-27)50(37-24-22-33(42)59-37)61-40-15-7-3-11-30(40)31-12-4-8-16-41(31)61/h1-25,56,59H. The summed E-state index contributed by atoms with van der Waals surface area (Å²) in [4.78, 5) is 17.0. The fourth-order valence-electron chi connectivity index (χ4n) is 8.99. The van der Waals surface area contributed by atoms with E-state index in [1.807, 2.05) is 127 Å². The molecule has 7 heterocycles. The Balaban J connectivity index is 1.28. The average molecular weight is 807 g/mol. The first kappa shape index (κ1) is 34.9. The molecule has 0 saturated heterocycles. The van der Waals surface area contributed by atoms with E-state index in [1.54, 1.807) is 18.2 Å². The van der Waals surface area contributed by atoms with Crippen molar-refractivity contribution in [3.8, 4) is 22.5 Å². The maximum Gasteiger partial charge on any atom is 0.200 e. The van der Waals surface area contributed by atoms with Gasteiger partial charge in [-0.1, -0.05) is 72.8 Å². The summed E-state index contributed by atoms with van der Waals surface area (Å²) >= 11 is 0. The minimum Gasteiger partial charge on any atom is -0.354 e. The summed E-state index contributed by atoms with van der Waals surface area (Å²) in [5.74, 6) is -10.3. The van der Waals surface area contributed by atoms with E-state index in [-0.39, 0.29) is 16.8 Å². The fraction of sp³-hybridized carbons (Fsp3) is 0. The van der Waals surface area contributed by atoms with Gasteiger partial charge in [-0.3, -0.25) is 0 Å². The highest BCUT2D eigenvalue weighted by molar-refractivity contribution is 6.11. The molecule has 0 amide bonds. The van der Waals surface area contributed by atoms with Gasteiger partial charge in [0.15, 0.2) is 23.3 Å². The molecule has 5 aromatic heterocycles. The van der Waals surface area contributed by atoms with Crippen LogP contribution in [0.25, 0.3) is 112 Å². The van der Waals surface area contributed by atoms with Crippen molar-refractivity contribution < 1.29 is 22.0 Å². The van der Waals surface area contributed by atoms with Gasteiger partial charge in [0, 0.05) is 38.1 Å². The highest BCUT2D eigenvalue weighted by atomic mass is 19.2. The number of H-pyrrole nitrogens is 2. The number of aromatic nitrogens is 6. The average Bonchev–Trinajstić information content (AvgIpc) is 4.17. The molecule has 292 valence electrons. The smallest absolute Gasteiger partial charge is 0.200 e. The number of rotatable bonds is 3. The molecule has 0 saturated carbocycles. The molecule has 2 aliphatic rings. The number of para-hydroxylation sites is 4. The van der Waals surface area contributed by atoms with Crippen LogP contribution in [-0.4, -0.2) is 29.1 Å². The van der Waals surface area contributed by atoms with Crippen LogP contribution in [0.3, 0.4) is 0 Å². The van der Waals surface area contributed by atoms with Gasteiger partial charge in [0.25, 0.3) is 0 Å². The number of hydrogen-bond donors (Lipinski definition) is 2. The third-order valence-electron chi connectivity index (χ3n) is 11.6. The Labute approximate surface area is 341 Å². The molecule has 12 rings (SSSR count). The summed E-state index contributed by atoms with van der Waals surface area (Å²) in [5.41, 5.74) is 6.71. The molecule has 8 bridgehead atoms. The highest BCUT2D eigenvalue weighted by Gasteiger charge is 2.30. The number of aromatic amines is 2. The van der Waals surface area contributed by atoms with Crippen molar-refractivity contribution in [2.75, 3.05) is 0 Å². The normalized spacial score (nSPS) is 12.5. The molecule has 0 radical (unpaired) electrons. The lowest BCUT2D eigenvalue weighted by Gasteiger charge is -2.11. The zero-order valence-corrected chi connectivity index (χ0v) is 31.6. The third-order valence-corrected chi connectivity index (χ3v) is 11.6. The van der Waals surface area contributed by atoms with Crippen LogP contribution in [0.5, 0.6) is 0 Å². The van der Waals surface area contributed by atoms with E-state index in [4.69, 9.17) is 9.97 Å². The zero-order chi connectivity index (χ0) is 41.1. The molecular weight excluding hydrogens is 780 g/mol. The first-order valence-corrected chi connectivity index (χ1v) is 19.5. The van der Waals surface area contributed by atoms with Gasteiger partial charge in [-0.2, -0.15) is 0 Å². The maximum atomic E-state index is 16.2. The van der Waals surface area contributed by atoms with Crippen molar-refractivity contribution in [2.45, 2.75) is 0 Å². The second-order valence-corrected chi connectivity index (χ2v) is 15.0. The highest BCUT2D eigenvalue weighted by Crippen LogP contribution is 2.41. The molecule has 10 aromatic rings. The first-order valence-electron chi connectivity index (χ1n) is 19.5. The third kappa shape index (κ3) is 5.07. The van der Waals surface area contributed by atoms with Crippen molar-refractivity contribution >= 4 is 90.0 Å². The monoisotopic (exact) mass is 806 g/mol. The molecule has 0 atom stereocenters. The second kappa shape index (κ2) is 13.0. The van der Waals surface area contributed by atoms with E-state index in [1.165, 1.54) is 6.08 Å². The molecule has 0 aliphatic carbocycles. The van der Waals surface area contributed by atoms with E-state index in [9.17, 15) is 4.39 Å². The van der Waals surface area contributed by atoms with Gasteiger partial charge in [0.2, 0.25) is 5.82 Å². The number of nitrogens with zero attached hydrogens (tertiary/aromatic N) is 4. The van der Waals surface area contributed by atoms with Crippen LogP contribution in [-0.2, 0) is 0 Å². The van der Waals surface area contributed by atoms with Crippen LogP contribution in [0.2, 0.25) is 0 Å². The van der Waals surface area contributed by atoms with E-state index in [2.05, 4.69) is 19.1 Å². The van der Waals surface area contributed by atoms with E-state index < -0.39 is 34.6 Å². The van der Waals surface area contributed by atoms with Crippen LogP contribution in [0.15, 0.2) is 127 Å². The summed E-state index contributed by atoms with van der Waals surface area (Å²) in [5, 5.41) is 3.94. The molecule has 0 unspecified atom stereocenters. The van der Waals surface area contributed by atoms with E-state index >= 15 is 17.6 Å². The van der Waals surface area contributed by atoms with Gasteiger partial charge in [-0.15, -0.1) is 0 Å². The molecule has 61 heavy (non-hydrogen) atoms. The first-order chi connectivity index (χ1) is 29.8. The summed E-state index contributed by atoms with van der Waals surface area (Å²) < 4.78 is 81.6. The van der Waals surface area contributed by atoms with E-state index in [0.29, 0.717) is 39.5 Å². The van der Waals surface area contributed by atoms with Gasteiger partial charge < -0.3 is 19.1 Å². The Kier molecular flexibility index (Phi) is 7.43. The quantitative estimate of drug-likeness (QED) is 0.106. The molecule has 0 fully saturated rings. The Bertz CT molecular complexity index is 3540. The van der Waals surface area contributed by atoms with Crippen molar-refractivity contribution in [2.24, 2.45) is 0 Å². The van der Waals surface area contributed by atoms with Crippen LogP contribution in [0.4, 0.5) is 22.0 Å². The van der Waals surface area contributed by atoms with Crippen LogP contribution >= 0.6 is 0 Å². The molecular formula is C50H27F5N6. The Morgan fingerprint density at radius 1 is 0.377 bits per heavy atom. The van der Waals surface area contributed by atoms with Gasteiger partial charge in [0.1, 0.15) is 0 Å². The lowest BCUT2D eigenvalue weighted by atomic mass is 10.0. The maximum absolute atomic E-state index is 16.2. The summed E-state index contributed by atoms with van der Waals surface area (Å²) in [7, 11) is 0. The molecule has 11 heteroatoms. The summed E-state index contributed by atoms with van der Waals surface area (Å²) in [6, 6.07) is 40.8. The lowest BCUT2D eigenvalue weighted by molar-refractivity contribution is 0.381. The van der Waals surface area contributed by atoms with Crippen molar-refractivity contribution in [3.05, 3.63) is 179 Å². The Morgan fingerprint density at radius 3 is 1.36 bits per heavy atom. The fourth-order valence-corrected chi connectivity index (χ4v) is 8.99. The lowest BCUT2D eigenvalue weighted by Crippen LogP contribution is -2.05. The Hall–Kier alpha value is -8.05. The minimum atomic E-state index is -2.25. The van der Waals surface area contributed by atoms with Crippen LogP contribution < -0.4 is 0 Å². The number of hydrogen-bond acceptors (Lipinski definition) is 2. The van der Waals surface area contributed by atoms with Crippen LogP contribution in [0.1, 0.15) is 22.8 Å². The molecule has 2 aliphatic heterocycles. The van der Waals surface area contributed by atoms with Crippen molar-refractivity contribution in [3.63, 3.8) is 0 Å². The van der Waals surface area contributed by atoms with E-state index in [0.717, 1.165) is 49.1 Å². The van der Waals surface area contributed by atoms with Gasteiger partial charge in [0.05, 0.1) is 72.8 Å². The Morgan fingerprint density at radius 2 is 0.803 bits per heavy atom. The van der Waals surface area contributed by atoms with Crippen molar-refractivity contribution in [1.82, 2.24) is 29.1 Å². The number of nitrogens with one attached hydrogen (secondary N) is 2. The largest absolute Gasteiger partial charge is 0.354 e. The van der Waals surface area contributed by atoms with Gasteiger partial charge >= 0.3 is 0 Å². The SMILES string of the molecule is Fc1c(F)c(F)c(-c2c3nc(c(-n4c5ccccc5c5ccccc54)c4ccc(cc5nc(c(-n6c7ccccc7c7ccccc76)c6ccc2[nH]6)C=C5)[nH]4)C=C3)c(F)c1F. The summed E-state index contributed by atoms with van der Waals surface area (Å²) in [6.07, 6.45) is 7.02. The zero-order valence-electron chi connectivity index (χ0n) is 31.6. The topological polar surface area (TPSA) is 67.2 Å². The van der Waals surface area contributed by atoms with Crippen molar-refractivity contribution in [1.29, 1.82) is 0 Å². The predicted molar refractivity (Wildman–Crippen MR) is 233 cm³/mol. The number of fused-ring (bicyclic) bond motifs is 14. The summed E-state index contributed by atoms with van der Waals surface area (Å²) in [6.45, 7) is 0. The minimum absolute atomic E-state index is 0.0255.